The van der Waals surface area contributed by atoms with Gasteiger partial charge in [-0.05, 0) is 0 Å². The SMILES string of the molecule is O=B/N=N/c1ccc(COC(=O)ON2C(=O)CCC2=O)cc1. The molecular formula is C12H10BN3O6. The van der Waals surface area contributed by atoms with Gasteiger partial charge in [0.25, 0.3) is 0 Å². The summed E-state index contributed by atoms with van der Waals surface area (Å²) in [6, 6.07) is 6.37. The number of hydroxylamine groups is 2. The van der Waals surface area contributed by atoms with Gasteiger partial charge in [0.15, 0.2) is 0 Å². The molecule has 1 aliphatic rings. The van der Waals surface area contributed by atoms with Crippen LogP contribution in [-0.2, 0) is 30.5 Å². The van der Waals surface area contributed by atoms with Crippen molar-refractivity contribution in [2.24, 2.45) is 10.1 Å². The summed E-state index contributed by atoms with van der Waals surface area (Å²) in [5, 5.41) is 7.18. The maximum atomic E-state index is 11.4. The zero-order chi connectivity index (χ0) is 15.9. The van der Waals surface area contributed by atoms with Crippen molar-refractivity contribution in [3.63, 3.8) is 0 Å². The van der Waals surface area contributed by atoms with Gasteiger partial charge in [0.1, 0.15) is 0 Å². The molecule has 0 atom stereocenters. The van der Waals surface area contributed by atoms with Gasteiger partial charge in [0, 0.05) is 12.8 Å². The molecule has 0 N–H and O–H groups in total. The molecule has 1 aromatic carbocycles. The molecule has 2 amide bonds. The van der Waals surface area contributed by atoms with E-state index in [9.17, 15) is 19.1 Å². The molecule has 2 rings (SSSR count). The Hall–Kier alpha value is -2.91. The molecule has 0 spiro atoms. The number of amides is 2. The number of rotatable bonds is 5. The molecule has 0 radical (unpaired) electrons. The molecule has 9 nitrogen and oxygen atoms in total. The fraction of sp³-hybridized carbons (Fsp3) is 0.250. The number of carbonyl (C=O) groups excluding carboxylic acids is 3. The fourth-order valence-corrected chi connectivity index (χ4v) is 1.65. The van der Waals surface area contributed by atoms with Crippen molar-refractivity contribution in [2.75, 3.05) is 0 Å². The summed E-state index contributed by atoms with van der Waals surface area (Å²) in [5.74, 6) is -1.15. The molecule has 0 aromatic heterocycles. The first-order valence-corrected chi connectivity index (χ1v) is 6.24. The second kappa shape index (κ2) is 7.20. The summed E-state index contributed by atoms with van der Waals surface area (Å²) in [6.07, 6.45) is -1.11. The van der Waals surface area contributed by atoms with Crippen molar-refractivity contribution in [1.29, 1.82) is 0 Å². The molecule has 1 heterocycles. The summed E-state index contributed by atoms with van der Waals surface area (Å²) in [6.45, 7) is -0.111. The summed E-state index contributed by atoms with van der Waals surface area (Å²) < 4.78 is 14.8. The molecule has 0 saturated carbocycles. The van der Waals surface area contributed by atoms with E-state index in [1.807, 2.05) is 0 Å². The summed E-state index contributed by atoms with van der Waals surface area (Å²) in [4.78, 5) is 38.4. The van der Waals surface area contributed by atoms with Crippen LogP contribution >= 0.6 is 0 Å². The second-order valence-corrected chi connectivity index (χ2v) is 4.20. The second-order valence-electron chi connectivity index (χ2n) is 4.20. The van der Waals surface area contributed by atoms with Crippen LogP contribution in [0.3, 0.4) is 0 Å². The molecule has 112 valence electrons. The van der Waals surface area contributed by atoms with Gasteiger partial charge in [-0.3, -0.25) is 9.59 Å². The number of carbonyl (C=O) groups is 3. The van der Waals surface area contributed by atoms with Gasteiger partial charge in [0.2, 0.25) is 0 Å². The zero-order valence-electron chi connectivity index (χ0n) is 11.3. The summed E-state index contributed by atoms with van der Waals surface area (Å²) >= 11 is 0. The van der Waals surface area contributed by atoms with Crippen LogP contribution in [0.15, 0.2) is 34.4 Å². The Morgan fingerprint density at radius 2 is 1.82 bits per heavy atom. The van der Waals surface area contributed by atoms with E-state index in [-0.39, 0.29) is 19.4 Å². The van der Waals surface area contributed by atoms with E-state index in [0.717, 1.165) is 0 Å². The third kappa shape index (κ3) is 4.04. The van der Waals surface area contributed by atoms with Crippen LogP contribution in [0, 0.1) is 0 Å². The minimum absolute atomic E-state index is 0.0168. The third-order valence-electron chi connectivity index (χ3n) is 2.68. The number of hydrogen-bond donors (Lipinski definition) is 0. The van der Waals surface area contributed by atoms with E-state index >= 15 is 0 Å². The average molecular weight is 303 g/mol. The van der Waals surface area contributed by atoms with Gasteiger partial charge < -0.3 is 0 Å². The topological polar surface area (TPSA) is 115 Å². The van der Waals surface area contributed by atoms with Gasteiger partial charge in [-0.15, -0.1) is 0 Å². The van der Waals surface area contributed by atoms with E-state index in [1.54, 1.807) is 24.3 Å². The fourth-order valence-electron chi connectivity index (χ4n) is 1.65. The van der Waals surface area contributed by atoms with E-state index in [4.69, 9.17) is 4.74 Å². The van der Waals surface area contributed by atoms with Crippen LogP contribution in [0.25, 0.3) is 0 Å². The van der Waals surface area contributed by atoms with Gasteiger partial charge in [-0.1, -0.05) is 0 Å². The van der Waals surface area contributed by atoms with Crippen molar-refractivity contribution >= 4 is 30.9 Å². The van der Waals surface area contributed by atoms with Crippen LogP contribution in [0.4, 0.5) is 10.5 Å². The molecule has 1 aromatic rings. The molecule has 1 aliphatic heterocycles. The van der Waals surface area contributed by atoms with Crippen LogP contribution in [0.5, 0.6) is 0 Å². The van der Waals surface area contributed by atoms with E-state index < -0.39 is 18.0 Å². The Balaban J connectivity index is 1.83. The van der Waals surface area contributed by atoms with Gasteiger partial charge in [-0.2, -0.15) is 0 Å². The van der Waals surface area contributed by atoms with Gasteiger partial charge in [-0.25, -0.2) is 0 Å². The van der Waals surface area contributed by atoms with Crippen molar-refractivity contribution in [3.05, 3.63) is 29.8 Å². The molecule has 0 unspecified atom stereocenters. The van der Waals surface area contributed by atoms with E-state index in [0.29, 0.717) is 23.6 Å². The van der Waals surface area contributed by atoms with E-state index in [2.05, 4.69) is 15.0 Å². The molecule has 1 saturated heterocycles. The van der Waals surface area contributed by atoms with Gasteiger partial charge in [0.05, 0.1) is 0 Å². The normalized spacial score (nSPS) is 14.3. The Morgan fingerprint density at radius 1 is 1.18 bits per heavy atom. The molecule has 1 fully saturated rings. The third-order valence-corrected chi connectivity index (χ3v) is 2.68. The Bertz CT molecular complexity index is 614. The summed E-state index contributed by atoms with van der Waals surface area (Å²) in [7, 11) is 0.313. The van der Waals surface area contributed by atoms with E-state index in [1.165, 1.54) is 0 Å². The van der Waals surface area contributed by atoms with Gasteiger partial charge >= 0.3 is 102 Å². The van der Waals surface area contributed by atoms with Crippen LogP contribution in [0.2, 0.25) is 0 Å². The van der Waals surface area contributed by atoms with Crippen LogP contribution in [-0.4, -0.2) is 30.3 Å². The average Bonchev–Trinajstić information content (AvgIpc) is 2.84. The first-order chi connectivity index (χ1) is 10.6. The number of ether oxygens (including phenoxy) is 1. The molecule has 10 heteroatoms. The number of nitrogens with zero attached hydrogens (tertiary/aromatic N) is 3. The first-order valence-electron chi connectivity index (χ1n) is 6.24. The Labute approximate surface area is 125 Å². The predicted octanol–water partition coefficient (Wildman–Crippen LogP) is 1.45. The standard InChI is InChI=1S/C12H10BN3O6/c17-10-5-6-11(18)16(10)22-12(19)21-7-8-1-3-9(4-2-8)14-15-13-20/h1-4H,5-7H2/b15-14+. The van der Waals surface area contributed by atoms with Crippen molar-refractivity contribution < 1.29 is 28.7 Å². The Morgan fingerprint density at radius 3 is 2.41 bits per heavy atom. The van der Waals surface area contributed by atoms with Crippen molar-refractivity contribution in [2.45, 2.75) is 19.4 Å². The molecule has 0 bridgehead atoms. The Kier molecular flexibility index (Phi) is 5.07. The minimum atomic E-state index is -1.15. The van der Waals surface area contributed by atoms with Crippen molar-refractivity contribution in [3.8, 4) is 0 Å². The zero-order valence-corrected chi connectivity index (χ0v) is 11.3. The quantitative estimate of drug-likeness (QED) is 0.352. The predicted molar refractivity (Wildman–Crippen MR) is 69.8 cm³/mol. The molecular weight excluding hydrogens is 293 g/mol. The van der Waals surface area contributed by atoms with Crippen molar-refractivity contribution in [1.82, 2.24) is 5.06 Å². The molecule has 0 aliphatic carbocycles. The first kappa shape index (κ1) is 15.5. The number of hydrogen-bond acceptors (Lipinski definition) is 7. The maximum absolute atomic E-state index is 11.4. The number of imide groups is 1. The van der Waals surface area contributed by atoms with Crippen LogP contribution in [0.1, 0.15) is 18.4 Å². The number of benzene rings is 1. The monoisotopic (exact) mass is 303 g/mol. The summed E-state index contributed by atoms with van der Waals surface area (Å²) in [5.41, 5.74) is 1.09. The molecule has 22 heavy (non-hydrogen) atoms. The van der Waals surface area contributed by atoms with Crippen LogP contribution < -0.4 is 0 Å².